The van der Waals surface area contributed by atoms with Crippen molar-refractivity contribution in [3.05, 3.63) is 71.3 Å². The number of methoxy groups -OCH3 is 1. The molecule has 2 aromatic rings. The van der Waals surface area contributed by atoms with E-state index in [1.165, 1.54) is 12.7 Å². The first-order valence-electron chi connectivity index (χ1n) is 14.8. The van der Waals surface area contributed by atoms with Crippen molar-refractivity contribution in [1.82, 2.24) is 10.6 Å². The normalized spacial score (nSPS) is 12.0. The second-order valence-electron chi connectivity index (χ2n) is 11.3. The molecule has 0 saturated heterocycles. The van der Waals surface area contributed by atoms with E-state index in [0.717, 1.165) is 36.8 Å². The molecule has 2 rings (SSSR count). The summed E-state index contributed by atoms with van der Waals surface area (Å²) in [7, 11) is 1.50. The van der Waals surface area contributed by atoms with E-state index < -0.39 is 5.97 Å². The van der Waals surface area contributed by atoms with Gasteiger partial charge in [0.25, 0.3) is 0 Å². The van der Waals surface area contributed by atoms with Gasteiger partial charge < -0.3 is 20.1 Å². The Morgan fingerprint density at radius 3 is 2.22 bits per heavy atom. The Bertz CT molecular complexity index is 1140. The summed E-state index contributed by atoms with van der Waals surface area (Å²) in [6, 6.07) is 13.3. The van der Waals surface area contributed by atoms with Crippen molar-refractivity contribution in [1.29, 1.82) is 0 Å². The zero-order chi connectivity index (χ0) is 30.2. The molecular formula is C34H48N2O5. The first kappa shape index (κ1) is 33.6. The van der Waals surface area contributed by atoms with Crippen LogP contribution < -0.4 is 20.1 Å². The molecule has 0 aliphatic rings. The molecule has 41 heavy (non-hydrogen) atoms. The maximum atomic E-state index is 12.6. The number of unbranched alkanes of at least 4 members (excludes halogenated alkanes) is 2. The number of nitrogens with one attached hydrogen (secondary N) is 2. The van der Waals surface area contributed by atoms with Gasteiger partial charge in [-0.1, -0.05) is 70.2 Å². The van der Waals surface area contributed by atoms with Gasteiger partial charge in [-0.15, -0.1) is 0 Å². The molecule has 0 saturated carbocycles. The van der Waals surface area contributed by atoms with Crippen LogP contribution in [0.5, 0.6) is 11.5 Å². The van der Waals surface area contributed by atoms with Gasteiger partial charge in [-0.3, -0.25) is 14.4 Å². The number of hydrogen-bond donors (Lipinski definition) is 2. The summed E-state index contributed by atoms with van der Waals surface area (Å²) in [4.78, 5) is 37.2. The van der Waals surface area contributed by atoms with Crippen molar-refractivity contribution in [2.75, 3.05) is 13.7 Å². The number of rotatable bonds is 17. The molecule has 2 N–H and O–H groups in total. The zero-order valence-corrected chi connectivity index (χ0v) is 25.6. The topological polar surface area (TPSA) is 93.7 Å². The summed E-state index contributed by atoms with van der Waals surface area (Å²) in [5.41, 5.74) is 3.03. The number of carbonyl (C=O) groups excluding carboxylic acids is 3. The minimum atomic E-state index is -0.474. The van der Waals surface area contributed by atoms with E-state index in [4.69, 9.17) is 9.47 Å². The molecule has 0 bridgehead atoms. The summed E-state index contributed by atoms with van der Waals surface area (Å²) >= 11 is 0. The Balaban J connectivity index is 1.75. The van der Waals surface area contributed by atoms with Crippen molar-refractivity contribution in [3.63, 3.8) is 0 Å². The van der Waals surface area contributed by atoms with Crippen LogP contribution in [0.25, 0.3) is 0 Å². The van der Waals surface area contributed by atoms with Gasteiger partial charge in [0.15, 0.2) is 11.5 Å². The Morgan fingerprint density at radius 2 is 1.56 bits per heavy atom. The lowest BCUT2D eigenvalue weighted by Crippen LogP contribution is -2.30. The lowest BCUT2D eigenvalue weighted by Gasteiger charge is -2.14. The monoisotopic (exact) mass is 564 g/mol. The number of carbonyl (C=O) groups is 3. The SMILES string of the molecule is COc1cc(CNC(=O)CCCCC=CC(C)C)ccc1OC(=O)CCNC(=O)C(C)c1ccc(CC(C)C)cc1. The molecular weight excluding hydrogens is 516 g/mol. The van der Waals surface area contributed by atoms with Crippen LogP contribution in [-0.2, 0) is 27.3 Å². The highest BCUT2D eigenvalue weighted by Gasteiger charge is 2.16. The lowest BCUT2D eigenvalue weighted by molar-refractivity contribution is -0.134. The molecule has 7 nitrogen and oxygen atoms in total. The van der Waals surface area contributed by atoms with Crippen LogP contribution in [0, 0.1) is 11.8 Å². The molecule has 2 aromatic carbocycles. The molecule has 0 spiro atoms. The van der Waals surface area contributed by atoms with E-state index in [0.29, 0.717) is 36.3 Å². The minimum Gasteiger partial charge on any atom is -0.493 e. The first-order valence-corrected chi connectivity index (χ1v) is 14.8. The fraction of sp³-hybridized carbons (Fsp3) is 0.500. The molecule has 0 heterocycles. The Labute approximate surface area is 246 Å². The number of esters is 1. The number of ether oxygens (including phenoxy) is 2. The fourth-order valence-corrected chi connectivity index (χ4v) is 4.29. The Kier molecular flexibility index (Phi) is 14.7. The molecule has 0 fully saturated rings. The van der Waals surface area contributed by atoms with E-state index in [1.807, 2.05) is 19.1 Å². The standard InChI is InChI=1S/C34H48N2O5/c1-24(2)11-9-7-8-10-12-32(37)36-23-28-15-18-30(31(22-28)40-6)41-33(38)19-20-35-34(39)26(5)29-16-13-27(14-17-29)21-25(3)4/h9,11,13-18,22,24-26H,7-8,10,12,19-21,23H2,1-6H3,(H,35,39)(H,36,37). The van der Waals surface area contributed by atoms with Gasteiger partial charge in [0.1, 0.15) is 0 Å². The molecule has 7 heteroatoms. The van der Waals surface area contributed by atoms with Gasteiger partial charge in [-0.05, 0) is 73.3 Å². The highest BCUT2D eigenvalue weighted by molar-refractivity contribution is 5.83. The number of benzene rings is 2. The summed E-state index contributed by atoms with van der Waals surface area (Å²) in [6.07, 6.45) is 8.70. The van der Waals surface area contributed by atoms with Gasteiger partial charge in [-0.2, -0.15) is 0 Å². The quantitative estimate of drug-likeness (QED) is 0.0990. The van der Waals surface area contributed by atoms with Crippen LogP contribution in [-0.4, -0.2) is 31.4 Å². The van der Waals surface area contributed by atoms with Crippen molar-refractivity contribution >= 4 is 17.8 Å². The Morgan fingerprint density at radius 1 is 0.854 bits per heavy atom. The van der Waals surface area contributed by atoms with E-state index in [1.54, 1.807) is 18.2 Å². The van der Waals surface area contributed by atoms with E-state index in [2.05, 4.69) is 62.6 Å². The number of amides is 2. The predicted octanol–water partition coefficient (Wildman–Crippen LogP) is 6.50. The smallest absolute Gasteiger partial charge is 0.313 e. The van der Waals surface area contributed by atoms with Crippen LogP contribution in [0.15, 0.2) is 54.6 Å². The van der Waals surface area contributed by atoms with E-state index in [-0.39, 0.29) is 30.7 Å². The van der Waals surface area contributed by atoms with Gasteiger partial charge in [0.05, 0.1) is 19.4 Å². The average molecular weight is 565 g/mol. The molecule has 1 atom stereocenters. The molecule has 2 amide bonds. The van der Waals surface area contributed by atoms with Crippen LogP contribution >= 0.6 is 0 Å². The first-order chi connectivity index (χ1) is 19.6. The van der Waals surface area contributed by atoms with Crippen LogP contribution in [0.1, 0.15) is 89.3 Å². The van der Waals surface area contributed by atoms with Crippen LogP contribution in [0.4, 0.5) is 0 Å². The maximum absolute atomic E-state index is 12.6. The molecule has 0 aliphatic carbocycles. The highest BCUT2D eigenvalue weighted by atomic mass is 16.6. The van der Waals surface area contributed by atoms with Crippen LogP contribution in [0.3, 0.4) is 0 Å². The summed E-state index contributed by atoms with van der Waals surface area (Å²) < 4.78 is 10.9. The third-order valence-corrected chi connectivity index (χ3v) is 6.63. The van der Waals surface area contributed by atoms with Gasteiger partial charge in [-0.25, -0.2) is 0 Å². The van der Waals surface area contributed by atoms with Gasteiger partial charge in [0, 0.05) is 19.5 Å². The summed E-state index contributed by atoms with van der Waals surface area (Å²) in [5, 5.41) is 5.75. The number of hydrogen-bond acceptors (Lipinski definition) is 5. The molecule has 1 unspecified atom stereocenters. The summed E-state index contributed by atoms with van der Waals surface area (Å²) in [5.74, 6) is 0.902. The second kappa shape index (κ2) is 17.9. The molecule has 224 valence electrons. The van der Waals surface area contributed by atoms with E-state index >= 15 is 0 Å². The number of allylic oxidation sites excluding steroid dienone is 2. The molecule has 0 aromatic heterocycles. The zero-order valence-electron chi connectivity index (χ0n) is 25.6. The van der Waals surface area contributed by atoms with Crippen molar-refractivity contribution in [3.8, 4) is 11.5 Å². The van der Waals surface area contributed by atoms with Crippen molar-refractivity contribution in [2.24, 2.45) is 11.8 Å². The van der Waals surface area contributed by atoms with Crippen molar-refractivity contribution < 1.29 is 23.9 Å². The van der Waals surface area contributed by atoms with Gasteiger partial charge >= 0.3 is 5.97 Å². The second-order valence-corrected chi connectivity index (χ2v) is 11.3. The Hall–Kier alpha value is -3.61. The summed E-state index contributed by atoms with van der Waals surface area (Å²) in [6.45, 7) is 11.0. The van der Waals surface area contributed by atoms with Gasteiger partial charge in [0.2, 0.25) is 11.8 Å². The third-order valence-electron chi connectivity index (χ3n) is 6.63. The fourth-order valence-electron chi connectivity index (χ4n) is 4.29. The van der Waals surface area contributed by atoms with Crippen molar-refractivity contribution in [2.45, 2.75) is 85.6 Å². The van der Waals surface area contributed by atoms with E-state index in [9.17, 15) is 14.4 Å². The third kappa shape index (κ3) is 13.1. The molecule has 0 aliphatic heterocycles. The minimum absolute atomic E-state index is 0.00631. The average Bonchev–Trinajstić information content (AvgIpc) is 2.93. The highest BCUT2D eigenvalue weighted by Crippen LogP contribution is 2.28. The molecule has 0 radical (unpaired) electrons. The largest absolute Gasteiger partial charge is 0.493 e. The lowest BCUT2D eigenvalue weighted by atomic mass is 9.96. The van der Waals surface area contributed by atoms with Crippen LogP contribution in [0.2, 0.25) is 0 Å². The maximum Gasteiger partial charge on any atom is 0.313 e. The predicted molar refractivity (Wildman–Crippen MR) is 164 cm³/mol.